The van der Waals surface area contributed by atoms with Crippen LogP contribution in [0.25, 0.3) is 0 Å². The number of methoxy groups -OCH3 is 1. The first kappa shape index (κ1) is 14.1. The molecular weight excluding hydrogens is 248 g/mol. The van der Waals surface area contributed by atoms with E-state index < -0.39 is 23.7 Å². The number of alkyl halides is 2. The summed E-state index contributed by atoms with van der Waals surface area (Å²) in [6.07, 6.45) is -2.25. The van der Waals surface area contributed by atoms with Crippen LogP contribution in [0.4, 0.5) is 8.78 Å². The number of rotatable bonds is 5. The van der Waals surface area contributed by atoms with Gasteiger partial charge in [-0.25, -0.2) is 13.8 Å². The van der Waals surface area contributed by atoms with Crippen LogP contribution in [0.5, 0.6) is 11.6 Å². The van der Waals surface area contributed by atoms with E-state index in [1.807, 2.05) is 0 Å². The number of pyridine rings is 1. The predicted octanol–water partition coefficient (Wildman–Crippen LogP) is 1.84. The SMILES string of the molecule is CCOC(=O)Cc1cnc(OC)c(O)c1C(F)F. The van der Waals surface area contributed by atoms with Gasteiger partial charge in [-0.1, -0.05) is 0 Å². The van der Waals surface area contributed by atoms with Crippen LogP contribution in [0.15, 0.2) is 6.20 Å². The van der Waals surface area contributed by atoms with E-state index in [2.05, 4.69) is 14.5 Å². The number of nitrogens with zero attached hydrogens (tertiary/aromatic N) is 1. The molecule has 5 nitrogen and oxygen atoms in total. The van der Waals surface area contributed by atoms with Crippen molar-refractivity contribution in [2.45, 2.75) is 19.8 Å². The van der Waals surface area contributed by atoms with Crippen molar-refractivity contribution < 1.29 is 28.2 Å². The highest BCUT2D eigenvalue weighted by Crippen LogP contribution is 2.37. The molecule has 0 radical (unpaired) electrons. The molecule has 0 aliphatic rings. The van der Waals surface area contributed by atoms with Crippen molar-refractivity contribution in [1.82, 2.24) is 4.98 Å². The van der Waals surface area contributed by atoms with E-state index in [-0.39, 0.29) is 24.5 Å². The third-order valence-corrected chi connectivity index (χ3v) is 2.19. The fourth-order valence-electron chi connectivity index (χ4n) is 1.44. The molecule has 1 heterocycles. The molecule has 1 aromatic rings. The van der Waals surface area contributed by atoms with Crippen molar-refractivity contribution in [1.29, 1.82) is 0 Å². The number of hydrogen-bond donors (Lipinski definition) is 1. The van der Waals surface area contributed by atoms with Crippen LogP contribution in [-0.2, 0) is 16.0 Å². The van der Waals surface area contributed by atoms with Gasteiger partial charge in [0.05, 0.1) is 25.7 Å². The molecule has 0 bridgehead atoms. The van der Waals surface area contributed by atoms with Gasteiger partial charge >= 0.3 is 5.97 Å². The highest BCUT2D eigenvalue weighted by Gasteiger charge is 2.24. The highest BCUT2D eigenvalue weighted by atomic mass is 19.3. The molecule has 0 saturated carbocycles. The number of carbonyl (C=O) groups is 1. The Labute approximate surface area is 102 Å². The van der Waals surface area contributed by atoms with Crippen molar-refractivity contribution in [2.75, 3.05) is 13.7 Å². The zero-order chi connectivity index (χ0) is 13.7. The standard InChI is InChI=1S/C11H13F2NO4/c1-3-18-7(15)4-6-5-14-11(17-2)9(16)8(6)10(12)13/h5,10,16H,3-4H2,1-2H3. The number of aromatic hydroxyl groups is 1. The number of ether oxygens (including phenoxy) is 2. The Hall–Kier alpha value is -1.92. The Morgan fingerprint density at radius 1 is 1.56 bits per heavy atom. The maximum atomic E-state index is 12.8. The first-order chi connectivity index (χ1) is 8.51. The Kier molecular flexibility index (Phi) is 4.82. The molecule has 0 aliphatic carbocycles. The first-order valence-electron chi connectivity index (χ1n) is 5.19. The number of aromatic nitrogens is 1. The maximum Gasteiger partial charge on any atom is 0.310 e. The molecule has 7 heteroatoms. The molecular formula is C11H13F2NO4. The van der Waals surface area contributed by atoms with E-state index >= 15 is 0 Å². The summed E-state index contributed by atoms with van der Waals surface area (Å²) in [6.45, 7) is 1.76. The van der Waals surface area contributed by atoms with Crippen LogP contribution in [0.3, 0.4) is 0 Å². The summed E-state index contributed by atoms with van der Waals surface area (Å²) in [5.41, 5.74) is -0.739. The van der Waals surface area contributed by atoms with Crippen LogP contribution in [-0.4, -0.2) is 29.8 Å². The van der Waals surface area contributed by atoms with Gasteiger partial charge in [0.2, 0.25) is 0 Å². The fraction of sp³-hybridized carbons (Fsp3) is 0.455. The van der Waals surface area contributed by atoms with Crippen LogP contribution in [0, 0.1) is 0 Å². The van der Waals surface area contributed by atoms with Crippen LogP contribution in [0.1, 0.15) is 24.5 Å². The van der Waals surface area contributed by atoms with Gasteiger partial charge in [-0.15, -0.1) is 0 Å². The van der Waals surface area contributed by atoms with E-state index in [4.69, 9.17) is 0 Å². The summed E-state index contributed by atoms with van der Waals surface area (Å²) >= 11 is 0. The topological polar surface area (TPSA) is 68.7 Å². The number of halogens is 2. The lowest BCUT2D eigenvalue weighted by atomic mass is 10.1. The van der Waals surface area contributed by atoms with Crippen molar-refractivity contribution >= 4 is 5.97 Å². The summed E-state index contributed by atoms with van der Waals surface area (Å²) in [5.74, 6) is -1.72. The van der Waals surface area contributed by atoms with E-state index in [0.29, 0.717) is 0 Å². The van der Waals surface area contributed by atoms with Crippen molar-refractivity contribution in [3.05, 3.63) is 17.3 Å². The second-order valence-corrected chi connectivity index (χ2v) is 3.34. The predicted molar refractivity (Wildman–Crippen MR) is 57.7 cm³/mol. The Morgan fingerprint density at radius 2 is 2.22 bits per heavy atom. The van der Waals surface area contributed by atoms with E-state index in [9.17, 15) is 18.7 Å². The van der Waals surface area contributed by atoms with Crippen molar-refractivity contribution in [3.63, 3.8) is 0 Å². The molecule has 0 saturated heterocycles. The van der Waals surface area contributed by atoms with E-state index in [1.54, 1.807) is 6.92 Å². The van der Waals surface area contributed by atoms with Crippen LogP contribution >= 0.6 is 0 Å². The van der Waals surface area contributed by atoms with Gasteiger partial charge in [-0.2, -0.15) is 0 Å². The smallest absolute Gasteiger partial charge is 0.310 e. The number of carbonyl (C=O) groups excluding carboxylic acids is 1. The van der Waals surface area contributed by atoms with Crippen LogP contribution < -0.4 is 4.74 Å². The minimum atomic E-state index is -2.94. The van der Waals surface area contributed by atoms with E-state index in [1.165, 1.54) is 7.11 Å². The molecule has 0 unspecified atom stereocenters. The van der Waals surface area contributed by atoms with Crippen LogP contribution in [0.2, 0.25) is 0 Å². The van der Waals surface area contributed by atoms with Gasteiger partial charge in [0, 0.05) is 6.20 Å². The molecule has 18 heavy (non-hydrogen) atoms. The lowest BCUT2D eigenvalue weighted by Gasteiger charge is -2.12. The average molecular weight is 261 g/mol. The number of hydrogen-bond acceptors (Lipinski definition) is 5. The third-order valence-electron chi connectivity index (χ3n) is 2.19. The Bertz CT molecular complexity index is 437. The summed E-state index contributed by atoms with van der Waals surface area (Å²) in [5, 5.41) is 9.56. The van der Waals surface area contributed by atoms with Gasteiger partial charge < -0.3 is 14.6 Å². The number of esters is 1. The van der Waals surface area contributed by atoms with Crippen molar-refractivity contribution in [3.8, 4) is 11.6 Å². The molecule has 1 aromatic heterocycles. The van der Waals surface area contributed by atoms with Gasteiger partial charge in [-0.05, 0) is 12.5 Å². The summed E-state index contributed by atoms with van der Waals surface area (Å²) in [7, 11) is 1.20. The van der Waals surface area contributed by atoms with Crippen molar-refractivity contribution in [2.24, 2.45) is 0 Å². The summed E-state index contributed by atoms with van der Waals surface area (Å²) < 4.78 is 35.0. The lowest BCUT2D eigenvalue weighted by molar-refractivity contribution is -0.142. The Morgan fingerprint density at radius 3 is 2.72 bits per heavy atom. The zero-order valence-corrected chi connectivity index (χ0v) is 9.94. The molecule has 0 atom stereocenters. The molecule has 0 spiro atoms. The minimum absolute atomic E-state index is 0.0817. The van der Waals surface area contributed by atoms with E-state index in [0.717, 1.165) is 6.20 Å². The lowest BCUT2D eigenvalue weighted by Crippen LogP contribution is -2.10. The molecule has 0 amide bonds. The average Bonchev–Trinajstić information content (AvgIpc) is 2.29. The molecule has 1 rings (SSSR count). The maximum absolute atomic E-state index is 12.8. The van der Waals surface area contributed by atoms with Gasteiger partial charge in [0.1, 0.15) is 0 Å². The molecule has 0 aromatic carbocycles. The summed E-state index contributed by atoms with van der Waals surface area (Å²) in [6, 6.07) is 0. The normalized spacial score (nSPS) is 10.5. The minimum Gasteiger partial charge on any atom is -0.503 e. The summed E-state index contributed by atoms with van der Waals surface area (Å²) in [4.78, 5) is 14.9. The molecule has 1 N–H and O–H groups in total. The van der Waals surface area contributed by atoms with Gasteiger partial charge in [-0.3, -0.25) is 4.79 Å². The second-order valence-electron chi connectivity index (χ2n) is 3.34. The molecule has 0 aliphatic heterocycles. The second kappa shape index (κ2) is 6.13. The molecule has 0 fully saturated rings. The third kappa shape index (κ3) is 3.06. The first-order valence-corrected chi connectivity index (χ1v) is 5.19. The molecule has 100 valence electrons. The highest BCUT2D eigenvalue weighted by molar-refractivity contribution is 5.73. The fourth-order valence-corrected chi connectivity index (χ4v) is 1.44. The monoisotopic (exact) mass is 261 g/mol. The Balaban J connectivity index is 3.11. The quantitative estimate of drug-likeness (QED) is 0.819. The van der Waals surface area contributed by atoms with Gasteiger partial charge in [0.15, 0.2) is 5.75 Å². The largest absolute Gasteiger partial charge is 0.503 e. The zero-order valence-electron chi connectivity index (χ0n) is 9.94. The van der Waals surface area contributed by atoms with Gasteiger partial charge in [0.25, 0.3) is 12.3 Å².